The molecule has 0 aromatic heterocycles. The Morgan fingerprint density at radius 2 is 1.78 bits per heavy atom. The van der Waals surface area contributed by atoms with E-state index in [1.54, 1.807) is 0 Å². The van der Waals surface area contributed by atoms with Crippen LogP contribution in [0.4, 0.5) is 0 Å². The second-order valence-electron chi connectivity index (χ2n) is 1.94. The third-order valence-electron chi connectivity index (χ3n) is 1.16. The second-order valence-corrected chi connectivity index (χ2v) is 1.94. The molecule has 4 heteroatoms. The molecule has 1 aliphatic carbocycles. The normalized spacial score (nSPS) is 16.0. The summed E-state index contributed by atoms with van der Waals surface area (Å²) in [4.78, 5) is 20.1. The van der Waals surface area contributed by atoms with E-state index < -0.39 is 11.8 Å². The maximum absolute atomic E-state index is 10.3. The number of carboxylic acids is 1. The zero-order valence-corrected chi connectivity index (χ0v) is 8.38. The summed E-state index contributed by atoms with van der Waals surface area (Å²) >= 11 is 0. The fraction of sp³-hybridized carbons (Fsp3) is 0.600. The number of ketones is 1. The van der Waals surface area contributed by atoms with Crippen molar-refractivity contribution in [2.24, 2.45) is 5.92 Å². The monoisotopic (exact) mass is 153 g/mol. The van der Waals surface area contributed by atoms with Gasteiger partial charge in [0.05, 0.1) is 0 Å². The van der Waals surface area contributed by atoms with Crippen molar-refractivity contribution in [1.29, 1.82) is 0 Å². The molecule has 0 aromatic carbocycles. The first-order valence-corrected chi connectivity index (χ1v) is 2.49. The van der Waals surface area contributed by atoms with Crippen molar-refractivity contribution in [2.75, 3.05) is 0 Å². The molecular formula is C5H6KO3. The third kappa shape index (κ3) is 2.91. The van der Waals surface area contributed by atoms with Gasteiger partial charge in [-0.05, 0) is 12.8 Å². The van der Waals surface area contributed by atoms with Crippen LogP contribution in [-0.4, -0.2) is 68.2 Å². The molecule has 0 bridgehead atoms. The molecule has 0 aliphatic heterocycles. The van der Waals surface area contributed by atoms with Crippen LogP contribution in [-0.2, 0) is 9.59 Å². The van der Waals surface area contributed by atoms with Crippen LogP contribution >= 0.6 is 0 Å². The number of rotatable bonds is 2. The van der Waals surface area contributed by atoms with Crippen LogP contribution in [0, 0.1) is 5.92 Å². The smallest absolute Gasteiger partial charge is 0.372 e. The average molecular weight is 153 g/mol. The zero-order chi connectivity index (χ0) is 6.15. The van der Waals surface area contributed by atoms with Crippen LogP contribution in [0.1, 0.15) is 12.8 Å². The molecule has 0 aromatic rings. The van der Waals surface area contributed by atoms with Crippen molar-refractivity contribution in [3.63, 3.8) is 0 Å². The van der Waals surface area contributed by atoms with E-state index in [0.717, 1.165) is 12.8 Å². The Morgan fingerprint density at radius 3 is 1.89 bits per heavy atom. The van der Waals surface area contributed by atoms with Crippen LogP contribution in [0.25, 0.3) is 0 Å². The summed E-state index contributed by atoms with van der Waals surface area (Å²) in [6.45, 7) is 0. The first-order chi connectivity index (χ1) is 3.72. The molecule has 0 heterocycles. The Labute approximate surface area is 95.2 Å². The zero-order valence-electron chi connectivity index (χ0n) is 5.26. The van der Waals surface area contributed by atoms with Gasteiger partial charge in [0.25, 0.3) is 0 Å². The Kier molecular flexibility index (Phi) is 4.16. The number of Topliss-reactive ketones (excluding diaryl/α,β-unsaturated/α-hetero) is 1. The molecule has 0 amide bonds. The first kappa shape index (κ1) is 9.78. The molecule has 1 radical (unpaired) electrons. The van der Waals surface area contributed by atoms with E-state index in [9.17, 15) is 9.59 Å². The molecule has 1 fully saturated rings. The number of carbonyl (C=O) groups is 2. The first-order valence-electron chi connectivity index (χ1n) is 2.49. The van der Waals surface area contributed by atoms with Gasteiger partial charge in [-0.25, -0.2) is 4.79 Å². The summed E-state index contributed by atoms with van der Waals surface area (Å²) in [5.41, 5.74) is 0. The number of hydrogen-bond donors (Lipinski definition) is 1. The predicted molar refractivity (Wildman–Crippen MR) is 31.1 cm³/mol. The van der Waals surface area contributed by atoms with Crippen LogP contribution in [0.2, 0.25) is 0 Å². The van der Waals surface area contributed by atoms with E-state index in [4.69, 9.17) is 5.11 Å². The van der Waals surface area contributed by atoms with E-state index in [0.29, 0.717) is 0 Å². The van der Waals surface area contributed by atoms with Gasteiger partial charge in [0, 0.05) is 57.3 Å². The minimum Gasteiger partial charge on any atom is -0.475 e. The Bertz CT molecular complexity index is 139. The minimum atomic E-state index is -1.28. The van der Waals surface area contributed by atoms with E-state index in [2.05, 4.69) is 0 Å². The molecule has 1 rings (SSSR count). The summed E-state index contributed by atoms with van der Waals surface area (Å²) in [6, 6.07) is 0. The van der Waals surface area contributed by atoms with Crippen molar-refractivity contribution in [3.8, 4) is 0 Å². The van der Waals surface area contributed by atoms with Crippen LogP contribution in [0.15, 0.2) is 0 Å². The molecular weight excluding hydrogens is 147 g/mol. The summed E-state index contributed by atoms with van der Waals surface area (Å²) < 4.78 is 0. The topological polar surface area (TPSA) is 54.4 Å². The molecule has 45 valence electrons. The van der Waals surface area contributed by atoms with Crippen molar-refractivity contribution in [3.05, 3.63) is 0 Å². The molecule has 1 saturated carbocycles. The van der Waals surface area contributed by atoms with Crippen LogP contribution in [0.5, 0.6) is 0 Å². The summed E-state index contributed by atoms with van der Waals surface area (Å²) in [6.07, 6.45) is 1.54. The largest absolute Gasteiger partial charge is 0.475 e. The van der Waals surface area contributed by atoms with Crippen molar-refractivity contribution < 1.29 is 14.7 Å². The molecule has 0 saturated heterocycles. The maximum Gasteiger partial charge on any atom is 0.372 e. The van der Waals surface area contributed by atoms with Crippen LogP contribution < -0.4 is 0 Å². The van der Waals surface area contributed by atoms with Gasteiger partial charge in [0.2, 0.25) is 5.78 Å². The quantitative estimate of drug-likeness (QED) is 0.436. The van der Waals surface area contributed by atoms with Gasteiger partial charge >= 0.3 is 5.97 Å². The van der Waals surface area contributed by atoms with Gasteiger partial charge in [0.15, 0.2) is 0 Å². The maximum atomic E-state index is 10.3. The summed E-state index contributed by atoms with van der Waals surface area (Å²) in [5.74, 6) is -2.05. The number of hydrogen-bond acceptors (Lipinski definition) is 2. The van der Waals surface area contributed by atoms with E-state index in [-0.39, 0.29) is 57.3 Å². The molecule has 1 aliphatic rings. The Balaban J connectivity index is 0.000000640. The second kappa shape index (κ2) is 3.83. The SMILES string of the molecule is O=C(O)C(=O)C1CC1.[K]. The van der Waals surface area contributed by atoms with E-state index in [1.165, 1.54) is 0 Å². The minimum absolute atomic E-state index is 0. The van der Waals surface area contributed by atoms with Crippen molar-refractivity contribution in [2.45, 2.75) is 12.8 Å². The molecule has 3 nitrogen and oxygen atoms in total. The molecule has 1 N–H and O–H groups in total. The van der Waals surface area contributed by atoms with Crippen LogP contribution in [0.3, 0.4) is 0 Å². The van der Waals surface area contributed by atoms with E-state index in [1.807, 2.05) is 0 Å². The molecule has 9 heavy (non-hydrogen) atoms. The average Bonchev–Trinajstić information content (AvgIpc) is 2.43. The number of aliphatic carboxylic acids is 1. The summed E-state index contributed by atoms with van der Waals surface area (Å²) in [5, 5.41) is 8.04. The standard InChI is InChI=1S/C5H6O3.K/c6-4(5(7)8)3-1-2-3;/h3H,1-2H2,(H,7,8);. The molecule has 0 spiro atoms. The number of carboxylic acid groups (broad SMARTS) is 1. The summed E-state index contributed by atoms with van der Waals surface area (Å²) in [7, 11) is 0. The molecule has 0 atom stereocenters. The van der Waals surface area contributed by atoms with Crippen molar-refractivity contribution in [1.82, 2.24) is 0 Å². The predicted octanol–water partition coefficient (Wildman–Crippen LogP) is -0.331. The third-order valence-corrected chi connectivity index (χ3v) is 1.16. The fourth-order valence-electron chi connectivity index (χ4n) is 0.520. The Hall–Kier alpha value is 0.776. The van der Waals surface area contributed by atoms with Gasteiger partial charge in [-0.2, -0.15) is 0 Å². The number of carbonyl (C=O) groups excluding carboxylic acids is 1. The fourth-order valence-corrected chi connectivity index (χ4v) is 0.520. The van der Waals surface area contributed by atoms with Gasteiger partial charge in [-0.15, -0.1) is 0 Å². The Morgan fingerprint density at radius 1 is 1.33 bits per heavy atom. The van der Waals surface area contributed by atoms with E-state index >= 15 is 0 Å². The van der Waals surface area contributed by atoms with Gasteiger partial charge in [-0.1, -0.05) is 0 Å². The van der Waals surface area contributed by atoms with Gasteiger partial charge in [-0.3, -0.25) is 4.79 Å². The molecule has 0 unspecified atom stereocenters. The van der Waals surface area contributed by atoms with Crippen molar-refractivity contribution >= 4 is 63.1 Å². The van der Waals surface area contributed by atoms with Gasteiger partial charge in [0.1, 0.15) is 0 Å². The van der Waals surface area contributed by atoms with Gasteiger partial charge < -0.3 is 5.11 Å².